The van der Waals surface area contributed by atoms with Crippen molar-refractivity contribution in [3.63, 3.8) is 0 Å². The normalized spacial score (nSPS) is 17.4. The summed E-state index contributed by atoms with van der Waals surface area (Å²) in [6.45, 7) is 1.94. The largest absolute Gasteiger partial charge is 0.872 e. The van der Waals surface area contributed by atoms with Crippen molar-refractivity contribution in [2.24, 2.45) is 4.99 Å². The fourth-order valence-corrected chi connectivity index (χ4v) is 3.94. The van der Waals surface area contributed by atoms with Crippen molar-refractivity contribution < 1.29 is 19.6 Å². The molecule has 0 unspecified atom stereocenters. The number of benzene rings is 1. The van der Waals surface area contributed by atoms with Gasteiger partial charge in [-0.2, -0.15) is 11.8 Å². The van der Waals surface area contributed by atoms with Gasteiger partial charge in [-0.3, -0.25) is 15.1 Å². The lowest BCUT2D eigenvalue weighted by molar-refractivity contribution is -0.385. The summed E-state index contributed by atoms with van der Waals surface area (Å²) in [5.41, 5.74) is -0.276. The monoisotopic (exact) mass is 375 g/mol. The molecule has 0 aliphatic carbocycles. The summed E-state index contributed by atoms with van der Waals surface area (Å²) < 4.78 is 5.04. The van der Waals surface area contributed by atoms with Crippen molar-refractivity contribution >= 4 is 23.2 Å². The lowest BCUT2D eigenvalue weighted by atomic mass is 10.0. The summed E-state index contributed by atoms with van der Waals surface area (Å²) in [4.78, 5) is 27.0. The van der Waals surface area contributed by atoms with Crippen LogP contribution in [0.4, 0.5) is 5.69 Å². The van der Waals surface area contributed by atoms with E-state index in [0.29, 0.717) is 18.0 Å². The zero-order valence-electron chi connectivity index (χ0n) is 13.8. The molecule has 0 amide bonds. The van der Waals surface area contributed by atoms with E-state index in [4.69, 9.17) is 4.42 Å². The second-order valence-corrected chi connectivity index (χ2v) is 7.09. The molecule has 0 bridgehead atoms. The summed E-state index contributed by atoms with van der Waals surface area (Å²) in [5, 5.41) is 33.0. The highest BCUT2D eigenvalue weighted by Crippen LogP contribution is 2.40. The number of thioether (sulfide) groups is 1. The van der Waals surface area contributed by atoms with Crippen molar-refractivity contribution in [2.75, 3.05) is 12.3 Å². The number of nitrogens with zero attached hydrogens (tertiary/aromatic N) is 2. The van der Waals surface area contributed by atoms with Gasteiger partial charge in [-0.1, -0.05) is 6.07 Å². The molecule has 0 saturated heterocycles. The second-order valence-electron chi connectivity index (χ2n) is 5.78. The quantitative estimate of drug-likeness (QED) is 0.643. The fraction of sp³-hybridized carbons (Fsp3) is 0.294. The first kappa shape index (κ1) is 18.0. The molecule has 1 aliphatic rings. The minimum Gasteiger partial charge on any atom is -0.872 e. The Balaban J connectivity index is 2.01. The molecule has 1 aliphatic heterocycles. The standard InChI is InChI=1S/C17H16N2O6S/c1-9-6-14(21)16(17(22)25-9)12-8-15(26-5-4-18-12)11-7-10(19(23)24)2-3-13(11)20/h2-3,6-7,15,20-21H,4-5,8H2,1H3/p-1/t15-/m1/s1. The molecule has 2 heterocycles. The van der Waals surface area contributed by atoms with E-state index in [1.54, 1.807) is 6.92 Å². The SMILES string of the molecule is Cc1cc(O)c(C2=NCCS[C@@H](c3cc([N+](=O)[O-])ccc3[O-])C2)c(=O)o1. The topological polar surface area (TPSA) is 129 Å². The Hall–Kier alpha value is -2.81. The number of hydrogen-bond acceptors (Lipinski definition) is 8. The molecule has 1 aromatic carbocycles. The van der Waals surface area contributed by atoms with Crippen LogP contribution in [0.25, 0.3) is 0 Å². The molecule has 0 spiro atoms. The van der Waals surface area contributed by atoms with E-state index in [-0.39, 0.29) is 40.5 Å². The summed E-state index contributed by atoms with van der Waals surface area (Å²) >= 11 is 1.43. The molecule has 26 heavy (non-hydrogen) atoms. The molecule has 0 fully saturated rings. The maximum atomic E-state index is 12.2. The maximum absolute atomic E-state index is 12.2. The molecule has 2 aromatic rings. The number of nitro benzene ring substituents is 1. The number of aromatic hydroxyl groups is 1. The summed E-state index contributed by atoms with van der Waals surface area (Å²) in [5.74, 6) is 0.310. The van der Waals surface area contributed by atoms with Crippen molar-refractivity contribution in [1.29, 1.82) is 0 Å². The van der Waals surface area contributed by atoms with Crippen molar-refractivity contribution in [3.05, 3.63) is 61.7 Å². The van der Waals surface area contributed by atoms with E-state index in [1.165, 1.54) is 36.0 Å². The third kappa shape index (κ3) is 3.57. The molecule has 1 aromatic heterocycles. The van der Waals surface area contributed by atoms with E-state index in [1.807, 2.05) is 0 Å². The highest BCUT2D eigenvalue weighted by Gasteiger charge is 2.25. The van der Waals surface area contributed by atoms with E-state index >= 15 is 0 Å². The Bertz CT molecular complexity index is 953. The molecular weight excluding hydrogens is 360 g/mol. The van der Waals surface area contributed by atoms with E-state index < -0.39 is 15.8 Å². The number of rotatable bonds is 3. The molecule has 136 valence electrons. The first-order valence-electron chi connectivity index (χ1n) is 7.81. The Morgan fingerprint density at radius 1 is 1.38 bits per heavy atom. The van der Waals surface area contributed by atoms with Gasteiger partial charge in [0.1, 0.15) is 17.1 Å². The van der Waals surface area contributed by atoms with Crippen LogP contribution in [0.15, 0.2) is 38.5 Å². The van der Waals surface area contributed by atoms with Gasteiger partial charge in [0.15, 0.2) is 0 Å². The maximum Gasteiger partial charge on any atom is 0.348 e. The summed E-state index contributed by atoms with van der Waals surface area (Å²) in [7, 11) is 0. The molecular formula is C17H15N2O6S-. The van der Waals surface area contributed by atoms with Gasteiger partial charge in [0, 0.05) is 42.2 Å². The van der Waals surface area contributed by atoms with Crippen LogP contribution in [0.5, 0.6) is 11.5 Å². The molecule has 1 N–H and O–H groups in total. The minimum absolute atomic E-state index is 0.0269. The summed E-state index contributed by atoms with van der Waals surface area (Å²) in [6.07, 6.45) is 0.183. The van der Waals surface area contributed by atoms with Gasteiger partial charge in [-0.15, -0.1) is 5.75 Å². The van der Waals surface area contributed by atoms with Crippen LogP contribution in [0, 0.1) is 17.0 Å². The molecule has 8 nitrogen and oxygen atoms in total. The molecule has 9 heteroatoms. The highest BCUT2D eigenvalue weighted by molar-refractivity contribution is 7.99. The lowest BCUT2D eigenvalue weighted by Crippen LogP contribution is -2.17. The average molecular weight is 375 g/mol. The second kappa shape index (κ2) is 7.20. The third-order valence-electron chi connectivity index (χ3n) is 3.99. The van der Waals surface area contributed by atoms with Gasteiger partial charge in [0.05, 0.1) is 10.6 Å². The third-order valence-corrected chi connectivity index (χ3v) is 5.23. The zero-order chi connectivity index (χ0) is 18.8. The summed E-state index contributed by atoms with van der Waals surface area (Å²) in [6, 6.07) is 4.94. The van der Waals surface area contributed by atoms with Gasteiger partial charge >= 0.3 is 5.63 Å². The zero-order valence-corrected chi connectivity index (χ0v) is 14.6. The average Bonchev–Trinajstić information content (AvgIpc) is 2.80. The van der Waals surface area contributed by atoms with Gasteiger partial charge in [0.2, 0.25) is 0 Å². The Morgan fingerprint density at radius 2 is 2.15 bits per heavy atom. The Morgan fingerprint density at radius 3 is 2.85 bits per heavy atom. The molecule has 0 saturated carbocycles. The van der Waals surface area contributed by atoms with Crippen LogP contribution in [-0.2, 0) is 0 Å². The van der Waals surface area contributed by atoms with Crippen molar-refractivity contribution in [1.82, 2.24) is 0 Å². The van der Waals surface area contributed by atoms with E-state index in [0.717, 1.165) is 0 Å². The smallest absolute Gasteiger partial charge is 0.348 e. The van der Waals surface area contributed by atoms with Gasteiger partial charge in [0.25, 0.3) is 5.69 Å². The van der Waals surface area contributed by atoms with Crippen LogP contribution in [0.1, 0.15) is 28.6 Å². The molecule has 1 atom stereocenters. The Labute approximate surface area is 152 Å². The number of non-ortho nitro benzene ring substituents is 1. The minimum atomic E-state index is -0.701. The first-order chi connectivity index (χ1) is 12.4. The van der Waals surface area contributed by atoms with Gasteiger partial charge < -0.3 is 14.6 Å². The lowest BCUT2D eigenvalue weighted by Gasteiger charge is -2.21. The highest BCUT2D eigenvalue weighted by atomic mass is 32.2. The van der Waals surface area contributed by atoms with Crippen LogP contribution in [0.2, 0.25) is 0 Å². The van der Waals surface area contributed by atoms with Crippen LogP contribution >= 0.6 is 11.8 Å². The van der Waals surface area contributed by atoms with Gasteiger partial charge in [-0.25, -0.2) is 4.79 Å². The molecule has 3 rings (SSSR count). The van der Waals surface area contributed by atoms with Gasteiger partial charge in [-0.05, 0) is 12.5 Å². The number of nitro groups is 1. The Kier molecular flexibility index (Phi) is 4.99. The predicted molar refractivity (Wildman–Crippen MR) is 95.1 cm³/mol. The van der Waals surface area contributed by atoms with Crippen LogP contribution in [0.3, 0.4) is 0 Å². The molecule has 0 radical (unpaired) electrons. The van der Waals surface area contributed by atoms with E-state index in [9.17, 15) is 25.1 Å². The van der Waals surface area contributed by atoms with Crippen LogP contribution in [-0.4, -0.2) is 28.0 Å². The van der Waals surface area contributed by atoms with Crippen LogP contribution < -0.4 is 10.7 Å². The first-order valence-corrected chi connectivity index (χ1v) is 8.86. The van der Waals surface area contributed by atoms with E-state index in [2.05, 4.69) is 4.99 Å². The van der Waals surface area contributed by atoms with Crippen molar-refractivity contribution in [2.45, 2.75) is 18.6 Å². The number of aryl methyl sites for hydroxylation is 1. The number of aliphatic imine (C=N–C) groups is 1. The van der Waals surface area contributed by atoms with Crippen molar-refractivity contribution in [3.8, 4) is 11.5 Å². The predicted octanol–water partition coefficient (Wildman–Crippen LogP) is 2.30. The number of hydrogen-bond donors (Lipinski definition) is 1. The fourth-order valence-electron chi connectivity index (χ4n) is 2.82.